The fraction of sp³-hybridized carbons (Fsp3) is 0.231. The van der Waals surface area contributed by atoms with Crippen LogP contribution >= 0.6 is 27.5 Å². The molecule has 1 atom stereocenters. The summed E-state index contributed by atoms with van der Waals surface area (Å²) in [4.78, 5) is 20.2. The number of likely N-dealkylation sites (tertiary alicyclic amines) is 1. The molecular formula is C26H24BrClN4O. The molecule has 0 spiro atoms. The fourth-order valence-corrected chi connectivity index (χ4v) is 4.99. The highest BCUT2D eigenvalue weighted by atomic mass is 79.9. The molecular weight excluding hydrogens is 500 g/mol. The standard InChI is InChI=1S/C26H24BrClN4O/c27-19-6-3-7-22(15-19)32-24-9-2-1-8-23(24)30-25(32)17-31-14-4-5-18(16-31)26(33)29-21-12-10-20(28)11-13-21/h1-3,6-13,15,18H,4-5,14,16-17H2,(H,29,33)/t18-/m0/s1. The number of aromatic nitrogens is 2. The number of piperidine rings is 1. The molecule has 7 heteroatoms. The van der Waals surface area contributed by atoms with E-state index >= 15 is 0 Å². The van der Waals surface area contributed by atoms with Crippen molar-refractivity contribution in [3.8, 4) is 5.69 Å². The Labute approximate surface area is 206 Å². The van der Waals surface area contributed by atoms with Gasteiger partial charge in [-0.15, -0.1) is 0 Å². The number of nitrogens with zero attached hydrogens (tertiary/aromatic N) is 3. The molecule has 2 heterocycles. The van der Waals surface area contributed by atoms with Crippen LogP contribution in [0.3, 0.4) is 0 Å². The zero-order valence-electron chi connectivity index (χ0n) is 18.0. The van der Waals surface area contributed by atoms with Crippen molar-refractivity contribution in [3.05, 3.63) is 88.1 Å². The number of nitrogens with one attached hydrogen (secondary N) is 1. The maximum atomic E-state index is 12.9. The summed E-state index contributed by atoms with van der Waals surface area (Å²) in [5, 5.41) is 3.70. The molecule has 1 fully saturated rings. The third-order valence-electron chi connectivity index (χ3n) is 6.05. The first-order chi connectivity index (χ1) is 16.1. The molecule has 0 aliphatic carbocycles. The van der Waals surface area contributed by atoms with E-state index in [0.717, 1.165) is 52.1 Å². The van der Waals surface area contributed by atoms with Crippen molar-refractivity contribution in [2.24, 2.45) is 5.92 Å². The maximum absolute atomic E-state index is 12.9. The molecule has 0 unspecified atom stereocenters. The largest absolute Gasteiger partial charge is 0.326 e. The number of benzene rings is 3. The molecule has 4 aromatic rings. The smallest absolute Gasteiger partial charge is 0.228 e. The summed E-state index contributed by atoms with van der Waals surface area (Å²) >= 11 is 9.55. The van der Waals surface area contributed by atoms with Gasteiger partial charge in [0, 0.05) is 27.4 Å². The molecule has 0 bridgehead atoms. The molecule has 33 heavy (non-hydrogen) atoms. The number of para-hydroxylation sites is 2. The lowest BCUT2D eigenvalue weighted by molar-refractivity contribution is -0.121. The summed E-state index contributed by atoms with van der Waals surface area (Å²) in [6.45, 7) is 2.35. The minimum atomic E-state index is -0.0573. The average molecular weight is 524 g/mol. The molecule has 1 saturated heterocycles. The van der Waals surface area contributed by atoms with E-state index in [4.69, 9.17) is 16.6 Å². The van der Waals surface area contributed by atoms with Gasteiger partial charge in [0.15, 0.2) is 0 Å². The second kappa shape index (κ2) is 9.67. The molecule has 1 amide bonds. The summed E-state index contributed by atoms with van der Waals surface area (Å²) in [5.41, 5.74) is 3.90. The Morgan fingerprint density at radius 3 is 2.73 bits per heavy atom. The minimum absolute atomic E-state index is 0.0573. The van der Waals surface area contributed by atoms with E-state index in [-0.39, 0.29) is 11.8 Å². The predicted molar refractivity (Wildman–Crippen MR) is 137 cm³/mol. The molecule has 3 aromatic carbocycles. The van der Waals surface area contributed by atoms with Gasteiger partial charge < -0.3 is 5.32 Å². The Kier molecular flexibility index (Phi) is 6.49. The van der Waals surface area contributed by atoms with Gasteiger partial charge in [0.1, 0.15) is 5.82 Å². The second-order valence-corrected chi connectivity index (χ2v) is 9.75. The highest BCUT2D eigenvalue weighted by Gasteiger charge is 2.27. The molecule has 1 aliphatic rings. The normalized spacial score (nSPS) is 16.7. The van der Waals surface area contributed by atoms with Crippen molar-refractivity contribution in [1.29, 1.82) is 0 Å². The Bertz CT molecular complexity index is 1290. The van der Waals surface area contributed by atoms with E-state index in [0.29, 0.717) is 18.1 Å². The molecule has 5 nitrogen and oxygen atoms in total. The average Bonchev–Trinajstić information content (AvgIpc) is 3.18. The zero-order valence-corrected chi connectivity index (χ0v) is 20.4. The first-order valence-corrected chi connectivity index (χ1v) is 12.2. The number of hydrogen-bond donors (Lipinski definition) is 1. The van der Waals surface area contributed by atoms with Crippen molar-refractivity contribution in [1.82, 2.24) is 14.5 Å². The summed E-state index contributed by atoms with van der Waals surface area (Å²) in [6, 6.07) is 23.7. The molecule has 0 radical (unpaired) electrons. The Morgan fingerprint density at radius 1 is 1.09 bits per heavy atom. The second-order valence-electron chi connectivity index (χ2n) is 8.40. The first kappa shape index (κ1) is 22.1. The van der Waals surface area contributed by atoms with Crippen molar-refractivity contribution < 1.29 is 4.79 Å². The van der Waals surface area contributed by atoms with Gasteiger partial charge in [-0.2, -0.15) is 0 Å². The topological polar surface area (TPSA) is 50.2 Å². The summed E-state index contributed by atoms with van der Waals surface area (Å²) in [5.74, 6) is 0.980. The van der Waals surface area contributed by atoms with E-state index in [1.807, 2.05) is 42.5 Å². The van der Waals surface area contributed by atoms with Crippen LogP contribution in [0.25, 0.3) is 16.7 Å². The molecule has 168 valence electrons. The number of halogens is 2. The number of anilines is 1. The maximum Gasteiger partial charge on any atom is 0.228 e. The van der Waals surface area contributed by atoms with E-state index in [1.165, 1.54) is 0 Å². The van der Waals surface area contributed by atoms with Gasteiger partial charge in [0.2, 0.25) is 5.91 Å². The Morgan fingerprint density at radius 2 is 1.91 bits per heavy atom. The number of carbonyl (C=O) groups is 1. The van der Waals surface area contributed by atoms with Crippen LogP contribution in [0.4, 0.5) is 5.69 Å². The third kappa shape index (κ3) is 4.98. The van der Waals surface area contributed by atoms with Gasteiger partial charge in [0.25, 0.3) is 0 Å². The molecule has 5 rings (SSSR count). The number of carbonyl (C=O) groups excluding carboxylic acids is 1. The van der Waals surface area contributed by atoms with Crippen LogP contribution in [0.1, 0.15) is 18.7 Å². The molecule has 1 N–H and O–H groups in total. The quantitative estimate of drug-likeness (QED) is 0.334. The van der Waals surface area contributed by atoms with Crippen molar-refractivity contribution in [2.45, 2.75) is 19.4 Å². The fourth-order valence-electron chi connectivity index (χ4n) is 4.48. The van der Waals surface area contributed by atoms with Gasteiger partial charge in [-0.1, -0.05) is 45.7 Å². The highest BCUT2D eigenvalue weighted by molar-refractivity contribution is 9.10. The SMILES string of the molecule is O=C(Nc1ccc(Cl)cc1)[C@H]1CCCN(Cc2nc3ccccc3n2-c2cccc(Br)c2)C1. The molecule has 1 aliphatic heterocycles. The van der Waals surface area contributed by atoms with E-state index in [1.54, 1.807) is 12.1 Å². The van der Waals surface area contributed by atoms with Gasteiger partial charge >= 0.3 is 0 Å². The first-order valence-electron chi connectivity index (χ1n) is 11.1. The zero-order chi connectivity index (χ0) is 22.8. The summed E-state index contributed by atoms with van der Waals surface area (Å²) in [6.07, 6.45) is 1.87. The molecule has 0 saturated carbocycles. The monoisotopic (exact) mass is 522 g/mol. The third-order valence-corrected chi connectivity index (χ3v) is 6.79. The van der Waals surface area contributed by atoms with E-state index in [2.05, 4.69) is 48.9 Å². The van der Waals surface area contributed by atoms with Crippen molar-refractivity contribution >= 4 is 50.2 Å². The predicted octanol–water partition coefficient (Wildman–Crippen LogP) is 6.29. The summed E-state index contributed by atoms with van der Waals surface area (Å²) < 4.78 is 3.25. The number of amides is 1. The summed E-state index contributed by atoms with van der Waals surface area (Å²) in [7, 11) is 0. The lowest BCUT2D eigenvalue weighted by atomic mass is 9.97. The lowest BCUT2D eigenvalue weighted by Gasteiger charge is -2.31. The van der Waals surface area contributed by atoms with Crippen LogP contribution in [-0.4, -0.2) is 33.4 Å². The van der Waals surface area contributed by atoms with Crippen LogP contribution in [-0.2, 0) is 11.3 Å². The van der Waals surface area contributed by atoms with Crippen LogP contribution in [0.15, 0.2) is 77.3 Å². The van der Waals surface area contributed by atoms with Gasteiger partial charge in [-0.25, -0.2) is 4.98 Å². The van der Waals surface area contributed by atoms with E-state index < -0.39 is 0 Å². The number of imidazole rings is 1. The van der Waals surface area contributed by atoms with E-state index in [9.17, 15) is 4.79 Å². The van der Waals surface area contributed by atoms with Gasteiger partial charge in [0.05, 0.1) is 23.5 Å². The highest BCUT2D eigenvalue weighted by Crippen LogP contribution is 2.26. The number of hydrogen-bond acceptors (Lipinski definition) is 3. The Hall–Kier alpha value is -2.67. The van der Waals surface area contributed by atoms with Crippen LogP contribution in [0.2, 0.25) is 5.02 Å². The van der Waals surface area contributed by atoms with Crippen LogP contribution in [0.5, 0.6) is 0 Å². The van der Waals surface area contributed by atoms with Crippen molar-refractivity contribution in [2.75, 3.05) is 18.4 Å². The van der Waals surface area contributed by atoms with Crippen LogP contribution < -0.4 is 5.32 Å². The number of rotatable bonds is 5. The molecule has 1 aromatic heterocycles. The lowest BCUT2D eigenvalue weighted by Crippen LogP contribution is -2.40. The van der Waals surface area contributed by atoms with Gasteiger partial charge in [-0.05, 0) is 74.0 Å². The number of fused-ring (bicyclic) bond motifs is 1. The van der Waals surface area contributed by atoms with Gasteiger partial charge in [-0.3, -0.25) is 14.3 Å². The van der Waals surface area contributed by atoms with Crippen LogP contribution in [0, 0.1) is 5.92 Å². The minimum Gasteiger partial charge on any atom is -0.326 e. The Balaban J connectivity index is 1.37. The van der Waals surface area contributed by atoms with Crippen molar-refractivity contribution in [3.63, 3.8) is 0 Å².